The SMILES string of the molecule is CC(C)c1c(-c2cccc(S(C)(=O)=O)c2)nc2c(C#N)c[nH]n2c1=O. The number of sulfone groups is 1. The van der Waals surface area contributed by atoms with Crippen molar-refractivity contribution in [1.82, 2.24) is 14.6 Å². The summed E-state index contributed by atoms with van der Waals surface area (Å²) < 4.78 is 24.9. The lowest BCUT2D eigenvalue weighted by molar-refractivity contribution is 0.602. The van der Waals surface area contributed by atoms with E-state index in [9.17, 15) is 18.5 Å². The summed E-state index contributed by atoms with van der Waals surface area (Å²) in [5.41, 5.74) is 1.53. The maximum atomic E-state index is 12.8. The van der Waals surface area contributed by atoms with Gasteiger partial charge in [0.15, 0.2) is 15.5 Å². The van der Waals surface area contributed by atoms with Crippen molar-refractivity contribution in [3.63, 3.8) is 0 Å². The van der Waals surface area contributed by atoms with Gasteiger partial charge in [-0.2, -0.15) is 5.26 Å². The first-order valence-corrected chi connectivity index (χ1v) is 9.47. The summed E-state index contributed by atoms with van der Waals surface area (Å²) in [5, 5.41) is 11.9. The van der Waals surface area contributed by atoms with E-state index in [1.165, 1.54) is 22.8 Å². The van der Waals surface area contributed by atoms with Crippen LogP contribution in [-0.4, -0.2) is 29.3 Å². The number of benzene rings is 1. The minimum atomic E-state index is -3.39. The number of fused-ring (bicyclic) bond motifs is 1. The molecule has 3 aromatic rings. The highest BCUT2D eigenvalue weighted by Gasteiger charge is 2.20. The molecule has 1 aromatic carbocycles. The van der Waals surface area contributed by atoms with E-state index in [1.54, 1.807) is 12.1 Å². The summed E-state index contributed by atoms with van der Waals surface area (Å²) in [4.78, 5) is 17.5. The predicted octanol–water partition coefficient (Wildman–Crippen LogP) is 2.09. The lowest BCUT2D eigenvalue weighted by Gasteiger charge is -2.12. The average molecular weight is 356 g/mol. The lowest BCUT2D eigenvalue weighted by Crippen LogP contribution is -2.22. The normalized spacial score (nSPS) is 11.8. The Labute approximate surface area is 144 Å². The van der Waals surface area contributed by atoms with E-state index in [0.717, 1.165) is 6.26 Å². The van der Waals surface area contributed by atoms with Gasteiger partial charge in [-0.1, -0.05) is 26.0 Å². The number of aromatic amines is 1. The third-order valence-electron chi connectivity index (χ3n) is 3.93. The number of hydrogen-bond donors (Lipinski definition) is 1. The average Bonchev–Trinajstić information content (AvgIpc) is 2.97. The van der Waals surface area contributed by atoms with Gasteiger partial charge in [0.05, 0.1) is 10.6 Å². The number of H-pyrrole nitrogens is 1. The van der Waals surface area contributed by atoms with Crippen LogP contribution in [0.25, 0.3) is 16.9 Å². The molecule has 1 N–H and O–H groups in total. The Morgan fingerprint density at radius 1 is 1.32 bits per heavy atom. The van der Waals surface area contributed by atoms with Crippen LogP contribution in [0.1, 0.15) is 30.9 Å². The molecule has 3 rings (SSSR count). The fourth-order valence-electron chi connectivity index (χ4n) is 2.72. The fraction of sp³-hybridized carbons (Fsp3) is 0.235. The monoisotopic (exact) mass is 356 g/mol. The molecule has 2 heterocycles. The Balaban J connectivity index is 2.41. The molecular weight excluding hydrogens is 340 g/mol. The largest absolute Gasteiger partial charge is 0.295 e. The fourth-order valence-corrected chi connectivity index (χ4v) is 3.39. The molecule has 0 aliphatic rings. The van der Waals surface area contributed by atoms with Crippen LogP contribution in [-0.2, 0) is 9.84 Å². The van der Waals surface area contributed by atoms with Crippen LogP contribution in [0.2, 0.25) is 0 Å². The van der Waals surface area contributed by atoms with E-state index in [0.29, 0.717) is 16.8 Å². The van der Waals surface area contributed by atoms with Crippen LogP contribution in [0, 0.1) is 11.3 Å². The second-order valence-electron chi connectivity index (χ2n) is 6.09. The third-order valence-corrected chi connectivity index (χ3v) is 5.04. The third kappa shape index (κ3) is 2.83. The topological polar surface area (TPSA) is 108 Å². The van der Waals surface area contributed by atoms with Gasteiger partial charge < -0.3 is 0 Å². The number of nitrogens with zero attached hydrogens (tertiary/aromatic N) is 3. The molecule has 25 heavy (non-hydrogen) atoms. The minimum absolute atomic E-state index is 0.136. The predicted molar refractivity (Wildman–Crippen MR) is 93.2 cm³/mol. The summed E-state index contributed by atoms with van der Waals surface area (Å²) in [6.07, 6.45) is 2.55. The van der Waals surface area contributed by atoms with Crippen LogP contribution in [0.3, 0.4) is 0 Å². The molecule has 0 saturated carbocycles. The highest BCUT2D eigenvalue weighted by Crippen LogP contribution is 2.27. The van der Waals surface area contributed by atoms with E-state index < -0.39 is 9.84 Å². The van der Waals surface area contributed by atoms with Gasteiger partial charge in [0.2, 0.25) is 0 Å². The van der Waals surface area contributed by atoms with E-state index in [2.05, 4.69) is 10.1 Å². The summed E-state index contributed by atoms with van der Waals surface area (Å²) in [5.74, 6) is -0.136. The molecule has 0 saturated heterocycles. The molecule has 0 spiro atoms. The standard InChI is InChI=1S/C17H16N4O3S/c1-10(2)14-15(11-5-4-6-13(7-11)25(3,23)24)20-16-12(8-18)9-19-21(16)17(14)22/h4-7,9-10,19H,1-3H3. The van der Waals surface area contributed by atoms with Gasteiger partial charge in [-0.15, -0.1) is 0 Å². The van der Waals surface area contributed by atoms with Crippen LogP contribution < -0.4 is 5.56 Å². The first-order valence-electron chi connectivity index (χ1n) is 7.58. The molecule has 0 radical (unpaired) electrons. The van der Waals surface area contributed by atoms with Crippen molar-refractivity contribution in [3.05, 3.63) is 51.9 Å². The Morgan fingerprint density at radius 3 is 2.64 bits per heavy atom. The van der Waals surface area contributed by atoms with Crippen LogP contribution in [0.15, 0.2) is 40.2 Å². The highest BCUT2D eigenvalue weighted by molar-refractivity contribution is 7.90. The highest BCUT2D eigenvalue weighted by atomic mass is 32.2. The molecule has 0 fully saturated rings. The summed E-state index contributed by atoms with van der Waals surface area (Å²) in [7, 11) is -3.39. The molecule has 2 aromatic heterocycles. The molecule has 0 unspecified atom stereocenters. The van der Waals surface area contributed by atoms with Crippen molar-refractivity contribution >= 4 is 15.5 Å². The molecule has 0 bridgehead atoms. The Morgan fingerprint density at radius 2 is 2.04 bits per heavy atom. The molecule has 8 heteroatoms. The number of nitriles is 1. The number of aromatic nitrogens is 3. The van der Waals surface area contributed by atoms with E-state index in [4.69, 9.17) is 0 Å². The van der Waals surface area contributed by atoms with Crippen LogP contribution in [0.4, 0.5) is 0 Å². The Bertz CT molecular complexity index is 1180. The molecular formula is C17H16N4O3S. The zero-order valence-corrected chi connectivity index (χ0v) is 14.8. The Hall–Kier alpha value is -2.92. The van der Waals surface area contributed by atoms with E-state index >= 15 is 0 Å². The molecule has 0 amide bonds. The van der Waals surface area contributed by atoms with Crippen LogP contribution >= 0.6 is 0 Å². The number of rotatable bonds is 3. The van der Waals surface area contributed by atoms with Crippen LogP contribution in [0.5, 0.6) is 0 Å². The van der Waals surface area contributed by atoms with Crippen molar-refractivity contribution < 1.29 is 8.42 Å². The van der Waals surface area contributed by atoms with Crippen molar-refractivity contribution in [2.75, 3.05) is 6.26 Å². The second-order valence-corrected chi connectivity index (χ2v) is 8.11. The minimum Gasteiger partial charge on any atom is -0.295 e. The molecule has 0 aliphatic carbocycles. The van der Waals surface area contributed by atoms with Gasteiger partial charge in [-0.05, 0) is 18.1 Å². The first-order chi connectivity index (χ1) is 11.7. The van der Waals surface area contributed by atoms with E-state index in [-0.39, 0.29) is 27.6 Å². The van der Waals surface area contributed by atoms with Gasteiger partial charge in [0.1, 0.15) is 11.6 Å². The van der Waals surface area contributed by atoms with Crippen molar-refractivity contribution in [2.45, 2.75) is 24.7 Å². The zero-order valence-electron chi connectivity index (χ0n) is 13.9. The van der Waals surface area contributed by atoms with Crippen molar-refractivity contribution in [3.8, 4) is 17.3 Å². The zero-order chi connectivity index (χ0) is 18.4. The summed E-state index contributed by atoms with van der Waals surface area (Å²) in [6.45, 7) is 3.73. The van der Waals surface area contributed by atoms with Gasteiger partial charge in [0, 0.05) is 23.6 Å². The molecule has 0 aliphatic heterocycles. The smallest absolute Gasteiger partial charge is 0.276 e. The number of nitrogens with one attached hydrogen (secondary N) is 1. The van der Waals surface area contributed by atoms with Gasteiger partial charge in [-0.3, -0.25) is 9.89 Å². The Kier molecular flexibility index (Phi) is 3.97. The first kappa shape index (κ1) is 16.9. The van der Waals surface area contributed by atoms with Gasteiger partial charge >= 0.3 is 0 Å². The van der Waals surface area contributed by atoms with Crippen molar-refractivity contribution in [2.24, 2.45) is 0 Å². The maximum Gasteiger partial charge on any atom is 0.276 e. The summed E-state index contributed by atoms with van der Waals surface area (Å²) in [6, 6.07) is 8.30. The summed E-state index contributed by atoms with van der Waals surface area (Å²) >= 11 is 0. The second kappa shape index (κ2) is 5.86. The number of hydrogen-bond acceptors (Lipinski definition) is 5. The van der Waals surface area contributed by atoms with E-state index in [1.807, 2.05) is 19.9 Å². The molecule has 0 atom stereocenters. The van der Waals surface area contributed by atoms with Crippen molar-refractivity contribution in [1.29, 1.82) is 5.26 Å². The molecule has 128 valence electrons. The van der Waals surface area contributed by atoms with Gasteiger partial charge in [0.25, 0.3) is 5.56 Å². The maximum absolute atomic E-state index is 12.8. The van der Waals surface area contributed by atoms with Gasteiger partial charge in [-0.25, -0.2) is 17.9 Å². The quantitative estimate of drug-likeness (QED) is 0.773. The molecule has 7 nitrogen and oxygen atoms in total. The lowest BCUT2D eigenvalue weighted by atomic mass is 9.98.